The number of benzene rings is 1. The third-order valence-corrected chi connectivity index (χ3v) is 4.46. The second-order valence-corrected chi connectivity index (χ2v) is 6.57. The van der Waals surface area contributed by atoms with Gasteiger partial charge in [0.2, 0.25) is 0 Å². The van der Waals surface area contributed by atoms with Crippen LogP contribution >= 0.6 is 23.2 Å². The van der Waals surface area contributed by atoms with Crippen molar-refractivity contribution in [3.63, 3.8) is 0 Å². The maximum Gasteiger partial charge on any atom is 0.126 e. The first-order valence-electron chi connectivity index (χ1n) is 6.86. The van der Waals surface area contributed by atoms with Crippen LogP contribution in [0.1, 0.15) is 54.0 Å². The van der Waals surface area contributed by atoms with Gasteiger partial charge in [-0.25, -0.2) is 8.93 Å². The van der Waals surface area contributed by atoms with Crippen LogP contribution < -0.4 is 4.72 Å². The normalized spacial score (nSPS) is 11.7. The van der Waals surface area contributed by atoms with E-state index >= 15 is 0 Å². The van der Waals surface area contributed by atoms with Crippen LogP contribution in [0.2, 0.25) is 10.0 Å². The summed E-state index contributed by atoms with van der Waals surface area (Å²) >= 11 is 12.1. The fourth-order valence-corrected chi connectivity index (χ4v) is 2.87. The van der Waals surface area contributed by atoms with Gasteiger partial charge in [-0.3, -0.25) is 0 Å². The monoisotopic (exact) mass is 339 g/mol. The van der Waals surface area contributed by atoms with E-state index in [0.29, 0.717) is 14.9 Å². The molecule has 0 spiro atoms. The summed E-state index contributed by atoms with van der Waals surface area (Å²) in [6.45, 7) is 15.7. The van der Waals surface area contributed by atoms with Crippen LogP contribution in [0.25, 0.3) is 0 Å². The topological polar surface area (TPSA) is 29.1 Å². The maximum absolute atomic E-state index is 12.0. The zero-order valence-electron chi connectivity index (χ0n) is 13.7. The third kappa shape index (κ3) is 7.63. The first kappa shape index (κ1) is 22.2. The molecule has 0 aliphatic carbocycles. The summed E-state index contributed by atoms with van der Waals surface area (Å²) in [5.74, 6) is 0. The minimum Gasteiger partial charge on any atom is -0.237 e. The zero-order chi connectivity index (χ0) is 16.5. The lowest BCUT2D eigenvalue weighted by atomic mass is 10.1. The van der Waals surface area contributed by atoms with Gasteiger partial charge in [-0.15, -0.1) is 0 Å². The quantitative estimate of drug-likeness (QED) is 0.728. The van der Waals surface area contributed by atoms with Crippen LogP contribution in [0.15, 0.2) is 17.0 Å². The van der Waals surface area contributed by atoms with Crippen molar-refractivity contribution in [1.29, 1.82) is 0 Å². The lowest BCUT2D eigenvalue weighted by Gasteiger charge is -2.20. The molecule has 20 heavy (non-hydrogen) atoms. The number of rotatable bonds is 2. The molecule has 1 aromatic rings. The SMILES string of the molecule is CC.CC.Cc1ccc(S(=O)NC(C)(C)C)c(Cl)c1Cl. The van der Waals surface area contributed by atoms with Crippen LogP contribution in [0.5, 0.6) is 0 Å². The molecule has 1 atom stereocenters. The van der Waals surface area contributed by atoms with Crippen molar-refractivity contribution < 1.29 is 4.21 Å². The van der Waals surface area contributed by atoms with E-state index in [0.717, 1.165) is 5.56 Å². The van der Waals surface area contributed by atoms with Crippen molar-refractivity contribution in [3.05, 3.63) is 27.7 Å². The summed E-state index contributed by atoms with van der Waals surface area (Å²) in [6, 6.07) is 3.55. The highest BCUT2D eigenvalue weighted by Gasteiger charge is 2.18. The molecule has 0 radical (unpaired) electrons. The molecule has 0 amide bonds. The minimum atomic E-state index is -1.35. The first-order chi connectivity index (χ1) is 9.22. The lowest BCUT2D eigenvalue weighted by Crippen LogP contribution is -2.37. The fourth-order valence-electron chi connectivity index (χ4n) is 1.10. The van der Waals surface area contributed by atoms with Gasteiger partial charge in [0.1, 0.15) is 11.0 Å². The molecule has 1 rings (SSSR count). The maximum atomic E-state index is 12.0. The van der Waals surface area contributed by atoms with Crippen molar-refractivity contribution in [2.24, 2.45) is 0 Å². The molecule has 1 unspecified atom stereocenters. The van der Waals surface area contributed by atoms with E-state index in [9.17, 15) is 4.21 Å². The van der Waals surface area contributed by atoms with Crippen LogP contribution in [0.3, 0.4) is 0 Å². The Morgan fingerprint density at radius 1 is 1.00 bits per heavy atom. The molecule has 0 aromatic heterocycles. The van der Waals surface area contributed by atoms with Gasteiger partial charge in [0.15, 0.2) is 0 Å². The zero-order valence-corrected chi connectivity index (χ0v) is 16.1. The van der Waals surface area contributed by atoms with Gasteiger partial charge in [-0.05, 0) is 39.3 Å². The Morgan fingerprint density at radius 2 is 1.45 bits per heavy atom. The standard InChI is InChI=1S/C11H15Cl2NOS.2C2H6/c1-7-5-6-8(10(13)9(7)12)16(15)14-11(2,3)4;2*1-2/h5-6,14H,1-4H3;2*1-2H3. The summed E-state index contributed by atoms with van der Waals surface area (Å²) in [6.07, 6.45) is 0. The molecule has 1 aromatic carbocycles. The highest BCUT2D eigenvalue weighted by Crippen LogP contribution is 2.30. The van der Waals surface area contributed by atoms with Crippen molar-refractivity contribution in [1.82, 2.24) is 4.72 Å². The molecule has 0 bridgehead atoms. The second-order valence-electron chi connectivity index (χ2n) is 4.63. The number of aryl methyl sites for hydroxylation is 1. The van der Waals surface area contributed by atoms with E-state index in [2.05, 4.69) is 4.72 Å². The predicted octanol–water partition coefficient (Wildman–Crippen LogP) is 5.76. The van der Waals surface area contributed by atoms with Gasteiger partial charge >= 0.3 is 0 Å². The number of hydrogen-bond acceptors (Lipinski definition) is 1. The summed E-state index contributed by atoms with van der Waals surface area (Å²) in [7, 11) is -1.35. The van der Waals surface area contributed by atoms with E-state index < -0.39 is 11.0 Å². The first-order valence-corrected chi connectivity index (χ1v) is 8.77. The van der Waals surface area contributed by atoms with Crippen LogP contribution in [0.4, 0.5) is 0 Å². The molecular weight excluding hydrogens is 313 g/mol. The van der Waals surface area contributed by atoms with Gasteiger partial charge in [-0.2, -0.15) is 0 Å². The average molecular weight is 340 g/mol. The number of hydrogen-bond donors (Lipinski definition) is 1. The van der Waals surface area contributed by atoms with Crippen LogP contribution in [0, 0.1) is 6.92 Å². The Kier molecular flexibility index (Phi) is 11.8. The fraction of sp³-hybridized carbons (Fsp3) is 0.600. The summed E-state index contributed by atoms with van der Waals surface area (Å²) in [5, 5.41) is 0.819. The Balaban J connectivity index is 0. The molecule has 0 aliphatic heterocycles. The van der Waals surface area contributed by atoms with Crippen molar-refractivity contribution >= 4 is 34.2 Å². The predicted molar refractivity (Wildman–Crippen MR) is 93.2 cm³/mol. The van der Waals surface area contributed by atoms with Gasteiger partial charge in [0.25, 0.3) is 0 Å². The van der Waals surface area contributed by atoms with Crippen molar-refractivity contribution in [3.8, 4) is 0 Å². The van der Waals surface area contributed by atoms with E-state index in [1.807, 2.05) is 61.5 Å². The number of nitrogens with one attached hydrogen (secondary N) is 1. The molecule has 0 aliphatic rings. The Labute approximate surface area is 136 Å². The molecule has 118 valence electrons. The molecule has 1 N–H and O–H groups in total. The molecular formula is C15H27Cl2NOS. The van der Waals surface area contributed by atoms with Crippen molar-refractivity contribution in [2.45, 2.75) is 65.8 Å². The van der Waals surface area contributed by atoms with Gasteiger partial charge in [0, 0.05) is 5.54 Å². The molecule has 0 saturated carbocycles. The smallest absolute Gasteiger partial charge is 0.126 e. The van der Waals surface area contributed by atoms with E-state index in [-0.39, 0.29) is 5.54 Å². The summed E-state index contributed by atoms with van der Waals surface area (Å²) < 4.78 is 15.0. The highest BCUT2D eigenvalue weighted by atomic mass is 35.5. The molecule has 0 heterocycles. The lowest BCUT2D eigenvalue weighted by molar-refractivity contribution is 0.519. The van der Waals surface area contributed by atoms with Gasteiger partial charge in [-0.1, -0.05) is 57.0 Å². The Morgan fingerprint density at radius 3 is 1.85 bits per heavy atom. The average Bonchev–Trinajstić information content (AvgIpc) is 2.38. The second kappa shape index (κ2) is 10.6. The minimum absolute atomic E-state index is 0.244. The largest absolute Gasteiger partial charge is 0.237 e. The number of halogens is 2. The third-order valence-electron chi connectivity index (χ3n) is 1.84. The Hall–Kier alpha value is -0.0900. The van der Waals surface area contributed by atoms with Gasteiger partial charge in [0.05, 0.1) is 14.9 Å². The van der Waals surface area contributed by atoms with Crippen molar-refractivity contribution in [2.75, 3.05) is 0 Å². The highest BCUT2D eigenvalue weighted by molar-refractivity contribution is 7.83. The summed E-state index contributed by atoms with van der Waals surface area (Å²) in [4.78, 5) is 0.521. The van der Waals surface area contributed by atoms with E-state index in [1.165, 1.54) is 0 Å². The molecule has 5 heteroatoms. The molecule has 2 nitrogen and oxygen atoms in total. The van der Waals surface area contributed by atoms with E-state index in [1.54, 1.807) is 6.07 Å². The van der Waals surface area contributed by atoms with Gasteiger partial charge < -0.3 is 0 Å². The molecule has 0 fully saturated rings. The summed E-state index contributed by atoms with van der Waals surface area (Å²) in [5.41, 5.74) is 0.633. The van der Waals surface area contributed by atoms with Crippen LogP contribution in [-0.2, 0) is 11.0 Å². The Bertz CT molecular complexity index is 429. The molecule has 0 saturated heterocycles. The van der Waals surface area contributed by atoms with E-state index in [4.69, 9.17) is 23.2 Å². The van der Waals surface area contributed by atoms with Crippen LogP contribution in [-0.4, -0.2) is 9.75 Å².